The van der Waals surface area contributed by atoms with E-state index in [9.17, 15) is 41.0 Å². The van der Waals surface area contributed by atoms with Gasteiger partial charge in [0.1, 0.15) is 11.8 Å². The Morgan fingerprint density at radius 1 is 1.06 bits per heavy atom. The van der Waals surface area contributed by atoms with E-state index in [-0.39, 0.29) is 30.9 Å². The fraction of sp³-hybridized carbons (Fsp3) is 0.515. The summed E-state index contributed by atoms with van der Waals surface area (Å²) in [4.78, 5) is 38.3. The first-order valence-electron chi connectivity index (χ1n) is 15.7. The van der Waals surface area contributed by atoms with Crippen molar-refractivity contribution in [2.45, 2.75) is 83.9 Å². The summed E-state index contributed by atoms with van der Waals surface area (Å²) in [5, 5.41) is 11.1. The Bertz CT molecular complexity index is 1600. The highest BCUT2D eigenvalue weighted by atomic mass is 32.1. The molecule has 1 aliphatic carbocycles. The van der Waals surface area contributed by atoms with Gasteiger partial charge in [0, 0.05) is 19.5 Å². The van der Waals surface area contributed by atoms with Gasteiger partial charge in [-0.25, -0.2) is 14.8 Å². The summed E-state index contributed by atoms with van der Waals surface area (Å²) in [7, 11) is 0. The molecular formula is C33H36F6N4O4S. The molecule has 3 heterocycles. The van der Waals surface area contributed by atoms with Crippen molar-refractivity contribution >= 4 is 29.2 Å². The van der Waals surface area contributed by atoms with Gasteiger partial charge in [0.05, 0.1) is 40.5 Å². The zero-order valence-electron chi connectivity index (χ0n) is 26.6. The molecule has 15 heteroatoms. The fourth-order valence-corrected chi connectivity index (χ4v) is 7.42. The number of halogens is 6. The van der Waals surface area contributed by atoms with Gasteiger partial charge in [0.25, 0.3) is 0 Å². The monoisotopic (exact) mass is 698 g/mol. The van der Waals surface area contributed by atoms with E-state index in [0.29, 0.717) is 42.4 Å². The van der Waals surface area contributed by atoms with Crippen molar-refractivity contribution in [3.63, 3.8) is 0 Å². The van der Waals surface area contributed by atoms with Crippen LogP contribution in [0.25, 0.3) is 10.6 Å². The van der Waals surface area contributed by atoms with Crippen molar-refractivity contribution in [3.8, 4) is 10.6 Å². The van der Waals surface area contributed by atoms with Crippen LogP contribution in [-0.2, 0) is 28.4 Å². The molecule has 3 aromatic rings. The van der Waals surface area contributed by atoms with Crippen LogP contribution in [0.2, 0.25) is 0 Å². The van der Waals surface area contributed by atoms with Gasteiger partial charge in [-0.1, -0.05) is 0 Å². The van der Waals surface area contributed by atoms with Crippen LogP contribution in [0.15, 0.2) is 35.8 Å². The van der Waals surface area contributed by atoms with Gasteiger partial charge in [-0.2, -0.15) is 26.3 Å². The molecule has 1 saturated carbocycles. The van der Waals surface area contributed by atoms with Crippen LogP contribution in [-0.4, -0.2) is 51.2 Å². The van der Waals surface area contributed by atoms with Crippen LogP contribution in [0.4, 0.5) is 37.0 Å². The Morgan fingerprint density at radius 3 is 2.23 bits per heavy atom. The number of aliphatic carboxylic acids is 1. The lowest BCUT2D eigenvalue weighted by Crippen LogP contribution is -2.36. The number of ether oxygens (including phenoxy) is 1. The van der Waals surface area contributed by atoms with Gasteiger partial charge in [-0.3, -0.25) is 9.69 Å². The molecule has 1 aromatic carbocycles. The molecule has 0 spiro atoms. The SMILES string of the molecule is CCN(CC1CCC(CC(=O)O)CC1)c1ncc(-c2sccc2C)nc1CN1C(=O)O[C@H](c2cc(C(F)(F)F)cc(C(F)(F)F)c2)[C@@H]1C. The number of rotatable bonds is 10. The number of hydrogen-bond donors (Lipinski definition) is 1. The van der Waals surface area contributed by atoms with Gasteiger partial charge in [-0.15, -0.1) is 11.3 Å². The second-order valence-electron chi connectivity index (χ2n) is 12.5. The molecule has 48 heavy (non-hydrogen) atoms. The molecule has 5 rings (SSSR count). The summed E-state index contributed by atoms with van der Waals surface area (Å²) in [5.41, 5.74) is -1.45. The number of nitrogens with zero attached hydrogens (tertiary/aromatic N) is 4. The maximum absolute atomic E-state index is 13.6. The molecule has 0 bridgehead atoms. The first kappa shape index (κ1) is 35.4. The first-order valence-corrected chi connectivity index (χ1v) is 16.6. The van der Waals surface area contributed by atoms with E-state index >= 15 is 0 Å². The number of carboxylic acid groups (broad SMARTS) is 1. The number of cyclic esters (lactones) is 1. The highest BCUT2D eigenvalue weighted by Gasteiger charge is 2.44. The molecule has 0 unspecified atom stereocenters. The quantitative estimate of drug-likeness (QED) is 0.212. The van der Waals surface area contributed by atoms with Crippen LogP contribution in [0.5, 0.6) is 0 Å². The number of anilines is 1. The number of aryl methyl sites for hydroxylation is 1. The standard InChI is InChI=1S/C33H36F6N4O4S/c1-4-42(16-21-7-5-20(6-8-21)11-27(44)45)30-26(41-25(15-40-30)29-18(2)9-10-48-29)17-43-19(3)28(47-31(43)46)22-12-23(32(34,35)36)14-24(13-22)33(37,38)39/h9-10,12-15,19-21,28H,4-8,11,16-17H2,1-3H3,(H,44,45)/t19-,20?,21?,28-/m0/s1. The summed E-state index contributed by atoms with van der Waals surface area (Å²) >= 11 is 1.47. The second-order valence-corrected chi connectivity index (χ2v) is 13.4. The number of thiophene rings is 1. The Morgan fingerprint density at radius 2 is 1.69 bits per heavy atom. The van der Waals surface area contributed by atoms with E-state index < -0.39 is 53.3 Å². The number of amides is 1. The number of hydrogen-bond acceptors (Lipinski definition) is 7. The lowest BCUT2D eigenvalue weighted by atomic mass is 9.80. The van der Waals surface area contributed by atoms with Gasteiger partial charge >= 0.3 is 24.4 Å². The molecule has 8 nitrogen and oxygen atoms in total. The average Bonchev–Trinajstić information content (AvgIpc) is 3.57. The number of alkyl halides is 6. The molecule has 1 saturated heterocycles. The Hall–Kier alpha value is -3.88. The van der Waals surface area contributed by atoms with Crippen molar-refractivity contribution in [3.05, 3.63) is 63.8 Å². The molecular weight excluding hydrogens is 662 g/mol. The van der Waals surface area contributed by atoms with Gasteiger partial charge < -0.3 is 14.7 Å². The van der Waals surface area contributed by atoms with E-state index in [1.54, 1.807) is 6.20 Å². The Balaban J connectivity index is 1.45. The van der Waals surface area contributed by atoms with E-state index in [0.717, 1.165) is 36.1 Å². The largest absolute Gasteiger partial charge is 0.481 e. The van der Waals surface area contributed by atoms with Crippen molar-refractivity contribution in [2.24, 2.45) is 11.8 Å². The fourth-order valence-electron chi connectivity index (χ4n) is 6.54. The third kappa shape index (κ3) is 7.87. The summed E-state index contributed by atoms with van der Waals surface area (Å²) in [6.07, 6.45) is -7.31. The number of carboxylic acids is 1. The van der Waals surface area contributed by atoms with Gasteiger partial charge in [-0.05, 0) is 99.1 Å². The smallest absolute Gasteiger partial charge is 0.416 e. The van der Waals surface area contributed by atoms with E-state index in [1.807, 2.05) is 30.2 Å². The Kier molecular flexibility index (Phi) is 10.3. The highest BCUT2D eigenvalue weighted by molar-refractivity contribution is 7.13. The topological polar surface area (TPSA) is 95.9 Å². The highest BCUT2D eigenvalue weighted by Crippen LogP contribution is 2.42. The van der Waals surface area contributed by atoms with E-state index in [2.05, 4.69) is 0 Å². The van der Waals surface area contributed by atoms with Crippen molar-refractivity contribution in [1.29, 1.82) is 0 Å². The normalized spacial score (nSPS) is 21.8. The lowest BCUT2D eigenvalue weighted by molar-refractivity contribution is -0.143. The number of benzene rings is 1. The summed E-state index contributed by atoms with van der Waals surface area (Å²) in [5.74, 6) is 0.107. The summed E-state index contributed by atoms with van der Waals surface area (Å²) in [6, 6.07) is 2.21. The predicted molar refractivity (Wildman–Crippen MR) is 166 cm³/mol. The zero-order chi connectivity index (χ0) is 35.0. The van der Waals surface area contributed by atoms with Crippen molar-refractivity contribution in [1.82, 2.24) is 14.9 Å². The zero-order valence-corrected chi connectivity index (χ0v) is 27.4. The summed E-state index contributed by atoms with van der Waals surface area (Å²) < 4.78 is 87.1. The molecule has 2 atom stereocenters. The predicted octanol–water partition coefficient (Wildman–Crippen LogP) is 8.74. The number of aromatic nitrogens is 2. The molecule has 1 aliphatic heterocycles. The summed E-state index contributed by atoms with van der Waals surface area (Å²) in [6.45, 7) is 6.40. The van der Waals surface area contributed by atoms with Crippen LogP contribution in [0.1, 0.15) is 80.0 Å². The average molecular weight is 699 g/mol. The van der Waals surface area contributed by atoms with Gasteiger partial charge in [0.2, 0.25) is 0 Å². The molecule has 2 aromatic heterocycles. The van der Waals surface area contributed by atoms with Crippen LogP contribution in [0, 0.1) is 18.8 Å². The van der Waals surface area contributed by atoms with Gasteiger partial charge in [0.15, 0.2) is 5.82 Å². The Labute approximate surface area is 277 Å². The molecule has 260 valence electrons. The minimum absolute atomic E-state index is 0.0423. The second kappa shape index (κ2) is 13.9. The number of carbonyl (C=O) groups is 2. The maximum Gasteiger partial charge on any atom is 0.416 e. The third-order valence-corrected chi connectivity index (χ3v) is 10.2. The number of carbonyl (C=O) groups excluding carboxylic acids is 1. The molecule has 1 amide bonds. The molecule has 0 radical (unpaired) electrons. The molecule has 1 N–H and O–H groups in total. The lowest BCUT2D eigenvalue weighted by Gasteiger charge is -2.33. The van der Waals surface area contributed by atoms with E-state index in [1.165, 1.54) is 23.2 Å². The van der Waals surface area contributed by atoms with Crippen LogP contribution in [0.3, 0.4) is 0 Å². The van der Waals surface area contributed by atoms with Crippen molar-refractivity contribution in [2.75, 3.05) is 18.0 Å². The van der Waals surface area contributed by atoms with Crippen LogP contribution < -0.4 is 4.90 Å². The van der Waals surface area contributed by atoms with Crippen molar-refractivity contribution < 1.29 is 45.8 Å². The van der Waals surface area contributed by atoms with Crippen LogP contribution >= 0.6 is 11.3 Å². The minimum Gasteiger partial charge on any atom is -0.481 e. The third-order valence-electron chi connectivity index (χ3n) is 9.16. The maximum atomic E-state index is 13.6. The van der Waals surface area contributed by atoms with E-state index in [4.69, 9.17) is 14.7 Å². The molecule has 2 fully saturated rings. The first-order chi connectivity index (χ1) is 22.5. The minimum atomic E-state index is -5.05. The molecule has 2 aliphatic rings.